The molecule has 0 saturated carbocycles. The van der Waals surface area contributed by atoms with Crippen molar-refractivity contribution < 1.29 is 0 Å². The van der Waals surface area contributed by atoms with Crippen LogP contribution in [0.4, 0.5) is 0 Å². The summed E-state index contributed by atoms with van der Waals surface area (Å²) in [6.45, 7) is 0. The van der Waals surface area contributed by atoms with Gasteiger partial charge in [-0.15, -0.1) is 0 Å². The zero-order chi connectivity index (χ0) is 5.82. The fraction of sp³-hybridized carbons (Fsp3) is 1.00. The Bertz CT molecular complexity index is 60.7. The highest BCUT2D eigenvalue weighted by Crippen LogP contribution is 2.32. The molecule has 8 heavy (non-hydrogen) atoms. The number of thiol groups is 1. The predicted molar refractivity (Wildman–Crippen MR) is 47.4 cm³/mol. The lowest BCUT2D eigenvalue weighted by Crippen LogP contribution is -1.89. The Morgan fingerprint density at radius 1 is 1.75 bits per heavy atom. The first-order chi connectivity index (χ1) is 3.93. The van der Waals surface area contributed by atoms with E-state index in [0.29, 0.717) is 0 Å². The number of thioether (sulfide) groups is 2. The van der Waals surface area contributed by atoms with E-state index in [9.17, 15) is 0 Å². The molecular formula is C5H10S3. The highest BCUT2D eigenvalue weighted by atomic mass is 32.2. The molecule has 0 aromatic rings. The third-order valence-corrected chi connectivity index (χ3v) is 3.78. The van der Waals surface area contributed by atoms with Gasteiger partial charge in [0, 0.05) is 22.5 Å². The van der Waals surface area contributed by atoms with Crippen LogP contribution >= 0.6 is 36.2 Å². The molecular weight excluding hydrogens is 156 g/mol. The topological polar surface area (TPSA) is 0 Å². The van der Waals surface area contributed by atoms with Crippen molar-refractivity contribution >= 4 is 36.2 Å². The summed E-state index contributed by atoms with van der Waals surface area (Å²) in [7, 11) is 0. The third-order valence-electron chi connectivity index (χ3n) is 0.942. The normalized spacial score (nSPS) is 25.9. The Morgan fingerprint density at radius 2 is 2.50 bits per heavy atom. The quantitative estimate of drug-likeness (QED) is 0.384. The summed E-state index contributed by atoms with van der Waals surface area (Å²) in [6, 6.07) is 0. The van der Waals surface area contributed by atoms with E-state index in [2.05, 4.69) is 24.4 Å². The molecule has 0 radical (unpaired) electrons. The second-order valence-corrected chi connectivity index (χ2v) is 4.68. The van der Waals surface area contributed by atoms with Crippen LogP contribution in [0, 0.1) is 0 Å². The van der Waals surface area contributed by atoms with Crippen molar-refractivity contribution in [2.24, 2.45) is 0 Å². The van der Waals surface area contributed by atoms with E-state index in [0.717, 1.165) is 11.0 Å². The van der Waals surface area contributed by atoms with Gasteiger partial charge in [-0.1, -0.05) is 0 Å². The standard InChI is InChI=1S/C5H10S3/c6-1-2-7-3-5-4-8-5/h5-6H,1-4H2. The molecule has 1 rings (SSSR count). The first-order valence-corrected chi connectivity index (χ1v) is 5.57. The predicted octanol–water partition coefficient (Wildman–Crippen LogP) is 1.76. The fourth-order valence-electron chi connectivity index (χ4n) is 0.444. The second-order valence-electron chi connectivity index (χ2n) is 1.75. The first-order valence-electron chi connectivity index (χ1n) is 2.73. The summed E-state index contributed by atoms with van der Waals surface area (Å²) in [5, 5.41) is 1.000. The van der Waals surface area contributed by atoms with Gasteiger partial charge in [-0.05, 0) is 5.75 Å². The molecule has 0 aliphatic carbocycles. The van der Waals surface area contributed by atoms with Gasteiger partial charge in [-0.2, -0.15) is 36.2 Å². The van der Waals surface area contributed by atoms with Crippen molar-refractivity contribution in [2.75, 3.05) is 23.0 Å². The van der Waals surface area contributed by atoms with E-state index in [1.54, 1.807) is 0 Å². The molecule has 3 heteroatoms. The van der Waals surface area contributed by atoms with Gasteiger partial charge in [0.2, 0.25) is 0 Å². The molecule has 0 spiro atoms. The van der Waals surface area contributed by atoms with E-state index in [-0.39, 0.29) is 0 Å². The van der Waals surface area contributed by atoms with Crippen LogP contribution < -0.4 is 0 Å². The fourth-order valence-corrected chi connectivity index (χ4v) is 2.58. The average molecular weight is 166 g/mol. The van der Waals surface area contributed by atoms with E-state index in [1.165, 1.54) is 17.3 Å². The summed E-state index contributed by atoms with van der Waals surface area (Å²) in [4.78, 5) is 0. The van der Waals surface area contributed by atoms with Crippen molar-refractivity contribution in [3.05, 3.63) is 0 Å². The van der Waals surface area contributed by atoms with Gasteiger partial charge < -0.3 is 0 Å². The molecule has 1 fully saturated rings. The van der Waals surface area contributed by atoms with E-state index < -0.39 is 0 Å². The number of rotatable bonds is 4. The van der Waals surface area contributed by atoms with Gasteiger partial charge in [-0.25, -0.2) is 0 Å². The van der Waals surface area contributed by atoms with Crippen LogP contribution in [0.25, 0.3) is 0 Å². The SMILES string of the molecule is SCCSCC1CS1. The lowest BCUT2D eigenvalue weighted by Gasteiger charge is -1.91. The Hall–Kier alpha value is 1.05. The summed E-state index contributed by atoms with van der Waals surface area (Å²) in [5.41, 5.74) is 0. The number of hydrogen-bond donors (Lipinski definition) is 1. The smallest absolute Gasteiger partial charge is 0.0229 e. The average Bonchev–Trinajstić information content (AvgIpc) is 2.51. The highest BCUT2D eigenvalue weighted by Gasteiger charge is 2.21. The van der Waals surface area contributed by atoms with Gasteiger partial charge in [0.05, 0.1) is 0 Å². The molecule has 0 aromatic carbocycles. The second kappa shape index (κ2) is 3.96. The van der Waals surface area contributed by atoms with Crippen molar-refractivity contribution in [1.29, 1.82) is 0 Å². The monoisotopic (exact) mass is 166 g/mol. The van der Waals surface area contributed by atoms with Crippen LogP contribution in [0.15, 0.2) is 0 Å². The maximum absolute atomic E-state index is 4.12. The van der Waals surface area contributed by atoms with Crippen LogP contribution in [0.3, 0.4) is 0 Å². The largest absolute Gasteiger partial charge is 0.179 e. The molecule has 0 aromatic heterocycles. The van der Waals surface area contributed by atoms with E-state index in [4.69, 9.17) is 0 Å². The van der Waals surface area contributed by atoms with Gasteiger partial charge in [0.1, 0.15) is 0 Å². The molecule has 1 aliphatic rings. The van der Waals surface area contributed by atoms with Gasteiger partial charge in [0.25, 0.3) is 0 Å². The lowest BCUT2D eigenvalue weighted by atomic mass is 10.6. The van der Waals surface area contributed by atoms with Crippen LogP contribution in [-0.4, -0.2) is 28.3 Å². The van der Waals surface area contributed by atoms with Crippen LogP contribution in [0.2, 0.25) is 0 Å². The molecule has 1 atom stereocenters. The summed E-state index contributed by atoms with van der Waals surface area (Å²) in [6.07, 6.45) is 0. The Kier molecular flexibility index (Phi) is 3.55. The molecule has 1 aliphatic heterocycles. The Labute approximate surface area is 64.6 Å². The molecule has 0 N–H and O–H groups in total. The van der Waals surface area contributed by atoms with Gasteiger partial charge in [0.15, 0.2) is 0 Å². The summed E-state index contributed by atoms with van der Waals surface area (Å²) >= 11 is 8.22. The third kappa shape index (κ3) is 3.15. The summed E-state index contributed by atoms with van der Waals surface area (Å²) in [5.74, 6) is 5.01. The maximum atomic E-state index is 4.12. The minimum Gasteiger partial charge on any atom is -0.179 e. The van der Waals surface area contributed by atoms with Crippen LogP contribution in [-0.2, 0) is 0 Å². The minimum absolute atomic E-state index is 1.000. The molecule has 1 heterocycles. The molecule has 0 amide bonds. The number of hydrogen-bond acceptors (Lipinski definition) is 3. The molecule has 1 unspecified atom stereocenters. The van der Waals surface area contributed by atoms with Crippen LogP contribution in [0.1, 0.15) is 0 Å². The van der Waals surface area contributed by atoms with Crippen molar-refractivity contribution in [3.63, 3.8) is 0 Å². The maximum Gasteiger partial charge on any atom is 0.0229 e. The van der Waals surface area contributed by atoms with E-state index >= 15 is 0 Å². The van der Waals surface area contributed by atoms with Crippen molar-refractivity contribution in [2.45, 2.75) is 5.25 Å². The Morgan fingerprint density at radius 3 is 3.00 bits per heavy atom. The highest BCUT2D eigenvalue weighted by molar-refractivity contribution is 8.08. The van der Waals surface area contributed by atoms with Crippen molar-refractivity contribution in [3.8, 4) is 0 Å². The lowest BCUT2D eigenvalue weighted by molar-refractivity contribution is 1.26. The molecule has 0 nitrogen and oxygen atoms in total. The molecule has 0 bridgehead atoms. The van der Waals surface area contributed by atoms with Gasteiger partial charge >= 0.3 is 0 Å². The van der Waals surface area contributed by atoms with Gasteiger partial charge in [-0.3, -0.25) is 0 Å². The minimum atomic E-state index is 1.000. The van der Waals surface area contributed by atoms with Crippen molar-refractivity contribution in [1.82, 2.24) is 0 Å². The van der Waals surface area contributed by atoms with E-state index in [1.807, 2.05) is 11.8 Å². The Balaban J connectivity index is 1.74. The zero-order valence-electron chi connectivity index (χ0n) is 4.67. The molecule has 1 saturated heterocycles. The zero-order valence-corrected chi connectivity index (χ0v) is 7.20. The first kappa shape index (κ1) is 7.16. The van der Waals surface area contributed by atoms with Crippen LogP contribution in [0.5, 0.6) is 0 Å². The molecule has 48 valence electrons. The summed E-state index contributed by atoms with van der Waals surface area (Å²) < 4.78 is 0.